The lowest BCUT2D eigenvalue weighted by Gasteiger charge is -2.27. The van der Waals surface area contributed by atoms with Crippen molar-refractivity contribution in [2.75, 3.05) is 33.4 Å². The van der Waals surface area contributed by atoms with E-state index in [9.17, 15) is 14.9 Å². The molecular formula is C10H18N4O5S. The number of oxime groups is 1. The highest BCUT2D eigenvalue weighted by atomic mass is 32.2. The Bertz CT molecular complexity index is 384. The molecule has 10 heteroatoms. The summed E-state index contributed by atoms with van der Waals surface area (Å²) in [4.78, 5) is 26.3. The number of nitro groups is 1. The van der Waals surface area contributed by atoms with Crippen molar-refractivity contribution in [3.8, 4) is 0 Å². The Balaban J connectivity index is 2.38. The molecule has 114 valence electrons. The zero-order valence-corrected chi connectivity index (χ0v) is 12.5. The van der Waals surface area contributed by atoms with Crippen molar-refractivity contribution in [1.29, 1.82) is 0 Å². The van der Waals surface area contributed by atoms with Gasteiger partial charge < -0.3 is 4.74 Å². The number of carbonyl (C=O) groups is 1. The van der Waals surface area contributed by atoms with Crippen LogP contribution in [0.15, 0.2) is 5.16 Å². The molecule has 0 aromatic rings. The molecule has 0 aromatic carbocycles. The Morgan fingerprint density at radius 1 is 1.55 bits per heavy atom. The minimum Gasteiger partial charge on any atom is -0.379 e. The van der Waals surface area contributed by atoms with Crippen LogP contribution in [0.25, 0.3) is 0 Å². The maximum atomic E-state index is 11.6. The van der Waals surface area contributed by atoms with Gasteiger partial charge in [0, 0.05) is 51.0 Å². The Morgan fingerprint density at radius 2 is 2.15 bits per heavy atom. The number of hydrogen-bond acceptors (Lipinski definition) is 8. The van der Waals surface area contributed by atoms with Crippen LogP contribution in [0.2, 0.25) is 0 Å². The maximum Gasteiger partial charge on any atom is 0.446 e. The molecule has 0 N–H and O–H groups in total. The summed E-state index contributed by atoms with van der Waals surface area (Å²) in [5.74, 6) is 0. The third kappa shape index (κ3) is 5.31. The molecule has 20 heavy (non-hydrogen) atoms. The van der Waals surface area contributed by atoms with Gasteiger partial charge in [0.05, 0.1) is 13.2 Å². The molecule has 0 atom stereocenters. The minimum atomic E-state index is -1.38. The van der Waals surface area contributed by atoms with Crippen LogP contribution >= 0.6 is 12.1 Å². The lowest BCUT2D eigenvalue weighted by molar-refractivity contribution is -0.536. The Hall–Kier alpha value is -1.39. The first-order valence-corrected chi connectivity index (χ1v) is 6.70. The minimum absolute atomic E-state index is 0.517. The van der Waals surface area contributed by atoms with Crippen LogP contribution < -0.4 is 0 Å². The number of morpholine rings is 1. The summed E-state index contributed by atoms with van der Waals surface area (Å²) in [5.41, 5.74) is -1.38. The number of ether oxygens (including phenoxy) is 1. The van der Waals surface area contributed by atoms with Crippen molar-refractivity contribution in [3.63, 3.8) is 0 Å². The highest BCUT2D eigenvalue weighted by Crippen LogP contribution is 2.16. The van der Waals surface area contributed by atoms with E-state index >= 15 is 0 Å². The molecule has 9 nitrogen and oxygen atoms in total. The first-order chi connectivity index (χ1) is 9.33. The van der Waals surface area contributed by atoms with Gasteiger partial charge in [-0.3, -0.25) is 15.0 Å². The Labute approximate surface area is 121 Å². The molecule has 0 radical (unpaired) electrons. The quantitative estimate of drug-likeness (QED) is 0.245. The molecule has 1 aliphatic heterocycles. The van der Waals surface area contributed by atoms with Gasteiger partial charge in [0.1, 0.15) is 6.21 Å². The standard InChI is InChI=1S/C10H18N4O5S/c1-10(2,14(16)17)8-11-19-9(15)12(3)20-13-4-6-18-7-5-13/h8H,4-7H2,1-3H3. The van der Waals surface area contributed by atoms with Gasteiger partial charge in [0.2, 0.25) is 0 Å². The molecule has 1 amide bonds. The summed E-state index contributed by atoms with van der Waals surface area (Å²) in [5, 5.41) is 14.0. The smallest absolute Gasteiger partial charge is 0.379 e. The monoisotopic (exact) mass is 306 g/mol. The fourth-order valence-corrected chi connectivity index (χ4v) is 1.90. The van der Waals surface area contributed by atoms with E-state index in [4.69, 9.17) is 4.74 Å². The van der Waals surface area contributed by atoms with Crippen LogP contribution in [0, 0.1) is 10.1 Å². The van der Waals surface area contributed by atoms with E-state index in [2.05, 4.69) is 9.99 Å². The summed E-state index contributed by atoms with van der Waals surface area (Å²) in [6.45, 7) is 5.36. The predicted octanol–water partition coefficient (Wildman–Crippen LogP) is 0.991. The molecule has 1 saturated heterocycles. The van der Waals surface area contributed by atoms with E-state index in [1.165, 1.54) is 37.3 Å². The first kappa shape index (κ1) is 16.7. The van der Waals surface area contributed by atoms with E-state index in [0.29, 0.717) is 26.3 Å². The lowest BCUT2D eigenvalue weighted by Crippen LogP contribution is -2.35. The Morgan fingerprint density at radius 3 is 2.70 bits per heavy atom. The highest BCUT2D eigenvalue weighted by molar-refractivity contribution is 7.95. The lowest BCUT2D eigenvalue weighted by atomic mass is 10.1. The van der Waals surface area contributed by atoms with Crippen LogP contribution in [0.5, 0.6) is 0 Å². The average Bonchev–Trinajstić information content (AvgIpc) is 2.39. The number of rotatable bonds is 5. The number of nitrogens with zero attached hydrogens (tertiary/aromatic N) is 4. The molecule has 0 aromatic heterocycles. The summed E-state index contributed by atoms with van der Waals surface area (Å²) in [6, 6.07) is 0. The van der Waals surface area contributed by atoms with Gasteiger partial charge >= 0.3 is 6.09 Å². The van der Waals surface area contributed by atoms with Gasteiger partial charge in [-0.1, -0.05) is 5.16 Å². The van der Waals surface area contributed by atoms with Crippen molar-refractivity contribution in [2.45, 2.75) is 19.4 Å². The first-order valence-electron chi connectivity index (χ1n) is 5.97. The van der Waals surface area contributed by atoms with Gasteiger partial charge in [-0.15, -0.1) is 0 Å². The fourth-order valence-electron chi connectivity index (χ4n) is 1.14. The second-order valence-electron chi connectivity index (χ2n) is 4.62. The topological polar surface area (TPSA) is 97.5 Å². The van der Waals surface area contributed by atoms with Crippen molar-refractivity contribution < 1.29 is 19.3 Å². The van der Waals surface area contributed by atoms with Crippen molar-refractivity contribution in [1.82, 2.24) is 8.61 Å². The van der Waals surface area contributed by atoms with Gasteiger partial charge in [0.15, 0.2) is 0 Å². The van der Waals surface area contributed by atoms with Gasteiger partial charge in [-0.2, -0.15) is 0 Å². The van der Waals surface area contributed by atoms with E-state index < -0.39 is 16.6 Å². The second-order valence-corrected chi connectivity index (χ2v) is 5.85. The van der Waals surface area contributed by atoms with Crippen LogP contribution in [-0.2, 0) is 9.57 Å². The highest BCUT2D eigenvalue weighted by Gasteiger charge is 2.28. The molecule has 1 aliphatic rings. The van der Waals surface area contributed by atoms with Crippen LogP contribution in [0.3, 0.4) is 0 Å². The predicted molar refractivity (Wildman–Crippen MR) is 73.8 cm³/mol. The van der Waals surface area contributed by atoms with E-state index in [1.807, 2.05) is 4.31 Å². The largest absolute Gasteiger partial charge is 0.446 e. The zero-order chi connectivity index (χ0) is 15.2. The summed E-state index contributed by atoms with van der Waals surface area (Å²) >= 11 is 1.20. The molecule has 0 saturated carbocycles. The second kappa shape index (κ2) is 7.41. The third-order valence-corrected chi connectivity index (χ3v) is 3.43. The van der Waals surface area contributed by atoms with E-state index in [1.54, 1.807) is 0 Å². The van der Waals surface area contributed by atoms with Crippen molar-refractivity contribution in [3.05, 3.63) is 10.1 Å². The number of carbonyl (C=O) groups excluding carboxylic acids is 1. The molecule has 1 fully saturated rings. The summed E-state index contributed by atoms with van der Waals surface area (Å²) < 4.78 is 8.41. The van der Waals surface area contributed by atoms with Crippen molar-refractivity contribution >= 4 is 24.4 Å². The maximum absolute atomic E-state index is 11.6. The van der Waals surface area contributed by atoms with E-state index in [0.717, 1.165) is 6.21 Å². The normalized spacial score (nSPS) is 17.1. The van der Waals surface area contributed by atoms with Gasteiger partial charge in [-0.25, -0.2) is 13.4 Å². The van der Waals surface area contributed by atoms with Gasteiger partial charge in [0.25, 0.3) is 5.54 Å². The molecular weight excluding hydrogens is 288 g/mol. The molecule has 0 bridgehead atoms. The van der Waals surface area contributed by atoms with E-state index in [-0.39, 0.29) is 0 Å². The van der Waals surface area contributed by atoms with Crippen LogP contribution in [0.4, 0.5) is 4.79 Å². The molecule has 1 rings (SSSR count). The molecule has 1 heterocycles. The molecule has 0 spiro atoms. The van der Waals surface area contributed by atoms with Gasteiger partial charge in [-0.05, 0) is 0 Å². The molecule has 0 unspecified atom stereocenters. The SMILES string of the molecule is CN(SN1CCOCC1)C(=O)ON=CC(C)(C)[N+](=O)[O-]. The number of hydrogen-bond donors (Lipinski definition) is 0. The van der Waals surface area contributed by atoms with Crippen LogP contribution in [-0.4, -0.2) is 64.7 Å². The average molecular weight is 306 g/mol. The fraction of sp³-hybridized carbons (Fsp3) is 0.800. The summed E-state index contributed by atoms with van der Waals surface area (Å²) in [6.07, 6.45) is 0.287. The molecule has 0 aliphatic carbocycles. The number of amides is 1. The Kier molecular flexibility index (Phi) is 6.17. The van der Waals surface area contributed by atoms with Crippen LogP contribution in [0.1, 0.15) is 13.8 Å². The summed E-state index contributed by atoms with van der Waals surface area (Å²) in [7, 11) is 1.54. The van der Waals surface area contributed by atoms with Crippen molar-refractivity contribution in [2.24, 2.45) is 5.16 Å². The third-order valence-electron chi connectivity index (χ3n) is 2.44. The zero-order valence-electron chi connectivity index (χ0n) is 11.6.